The molecule has 0 aliphatic carbocycles. The highest BCUT2D eigenvalue weighted by Crippen LogP contribution is 2.16. The molecule has 3 heteroatoms. The molecule has 0 aromatic carbocycles. The Balaban J connectivity index is 1.96. The van der Waals surface area contributed by atoms with Gasteiger partial charge in [-0.15, -0.1) is 0 Å². The van der Waals surface area contributed by atoms with Gasteiger partial charge in [-0.2, -0.15) is 0 Å². The van der Waals surface area contributed by atoms with E-state index in [2.05, 4.69) is 17.3 Å². The van der Waals surface area contributed by atoms with E-state index in [9.17, 15) is 4.79 Å². The molecular formula is C9H18N2O. The molecule has 1 saturated heterocycles. The van der Waals surface area contributed by atoms with Gasteiger partial charge in [0.05, 0.1) is 6.54 Å². The van der Waals surface area contributed by atoms with Crippen molar-refractivity contribution >= 4 is 6.29 Å². The van der Waals surface area contributed by atoms with Crippen LogP contribution in [0.5, 0.6) is 0 Å². The second-order valence-electron chi connectivity index (χ2n) is 3.58. The van der Waals surface area contributed by atoms with Crippen LogP contribution in [0.15, 0.2) is 0 Å². The Morgan fingerprint density at radius 2 is 2.50 bits per heavy atom. The molecule has 1 atom stereocenters. The Morgan fingerprint density at radius 1 is 1.67 bits per heavy atom. The van der Waals surface area contributed by atoms with Gasteiger partial charge in [-0.1, -0.05) is 0 Å². The highest BCUT2D eigenvalue weighted by atomic mass is 16.1. The predicted octanol–water partition coefficient (Wildman–Crippen LogP) is 0.117. The van der Waals surface area contributed by atoms with Gasteiger partial charge in [-0.05, 0) is 38.9 Å². The van der Waals surface area contributed by atoms with Crippen LogP contribution < -0.4 is 5.32 Å². The Hall–Kier alpha value is -0.410. The SMILES string of the molecule is CN1CCC(CCNCC=O)C1. The fourth-order valence-electron chi connectivity index (χ4n) is 1.73. The Kier molecular flexibility index (Phi) is 4.25. The van der Waals surface area contributed by atoms with Crippen molar-refractivity contribution in [3.63, 3.8) is 0 Å². The van der Waals surface area contributed by atoms with Gasteiger partial charge in [0, 0.05) is 6.54 Å². The maximum Gasteiger partial charge on any atom is 0.133 e. The van der Waals surface area contributed by atoms with E-state index in [0.717, 1.165) is 18.7 Å². The summed E-state index contributed by atoms with van der Waals surface area (Å²) in [6.45, 7) is 3.95. The standard InChI is InChI=1S/C9H18N2O/c1-11-6-3-9(8-11)2-4-10-5-7-12/h7,9-10H,2-6,8H2,1H3. The van der Waals surface area contributed by atoms with Crippen LogP contribution >= 0.6 is 0 Å². The van der Waals surface area contributed by atoms with Crippen LogP contribution in [0.2, 0.25) is 0 Å². The van der Waals surface area contributed by atoms with E-state index >= 15 is 0 Å². The molecule has 1 fully saturated rings. The molecule has 3 nitrogen and oxygen atoms in total. The molecule has 0 amide bonds. The molecule has 0 radical (unpaired) electrons. The highest BCUT2D eigenvalue weighted by molar-refractivity contribution is 5.51. The van der Waals surface area contributed by atoms with E-state index in [4.69, 9.17) is 0 Å². The lowest BCUT2D eigenvalue weighted by molar-refractivity contribution is -0.107. The van der Waals surface area contributed by atoms with Crippen molar-refractivity contribution in [1.29, 1.82) is 0 Å². The normalized spacial score (nSPS) is 24.6. The summed E-state index contributed by atoms with van der Waals surface area (Å²) in [5, 5.41) is 3.09. The van der Waals surface area contributed by atoms with Gasteiger partial charge in [0.15, 0.2) is 0 Å². The predicted molar refractivity (Wildman–Crippen MR) is 49.2 cm³/mol. The summed E-state index contributed by atoms with van der Waals surface area (Å²) in [6, 6.07) is 0. The molecule has 0 bridgehead atoms. The number of likely N-dealkylation sites (tertiary alicyclic amines) is 1. The maximum absolute atomic E-state index is 9.98. The summed E-state index contributed by atoms with van der Waals surface area (Å²) >= 11 is 0. The molecule has 0 spiro atoms. The number of rotatable bonds is 5. The van der Waals surface area contributed by atoms with Crippen LogP contribution in [-0.4, -0.2) is 44.4 Å². The summed E-state index contributed by atoms with van der Waals surface area (Å²) < 4.78 is 0. The van der Waals surface area contributed by atoms with Crippen molar-refractivity contribution in [3.8, 4) is 0 Å². The van der Waals surface area contributed by atoms with Crippen molar-refractivity contribution < 1.29 is 4.79 Å². The first kappa shape index (κ1) is 9.68. The summed E-state index contributed by atoms with van der Waals surface area (Å²) in [4.78, 5) is 12.3. The largest absolute Gasteiger partial charge is 0.310 e. The van der Waals surface area contributed by atoms with Crippen molar-refractivity contribution in [3.05, 3.63) is 0 Å². The van der Waals surface area contributed by atoms with Crippen LogP contribution in [0.3, 0.4) is 0 Å². The van der Waals surface area contributed by atoms with E-state index in [-0.39, 0.29) is 0 Å². The zero-order valence-electron chi connectivity index (χ0n) is 7.75. The fourth-order valence-corrected chi connectivity index (χ4v) is 1.73. The van der Waals surface area contributed by atoms with E-state index in [1.54, 1.807) is 0 Å². The minimum atomic E-state index is 0.503. The van der Waals surface area contributed by atoms with Gasteiger partial charge < -0.3 is 15.0 Å². The molecule has 1 rings (SSSR count). The minimum absolute atomic E-state index is 0.503. The molecule has 70 valence electrons. The first-order valence-corrected chi connectivity index (χ1v) is 4.66. The molecule has 1 aliphatic rings. The molecule has 1 aliphatic heterocycles. The minimum Gasteiger partial charge on any atom is -0.310 e. The van der Waals surface area contributed by atoms with E-state index in [1.165, 1.54) is 25.9 Å². The number of hydrogen-bond donors (Lipinski definition) is 1. The average molecular weight is 170 g/mol. The lowest BCUT2D eigenvalue weighted by Crippen LogP contribution is -2.21. The summed E-state index contributed by atoms with van der Waals surface area (Å²) in [6.07, 6.45) is 3.44. The molecule has 12 heavy (non-hydrogen) atoms. The third kappa shape index (κ3) is 3.32. The molecule has 0 saturated carbocycles. The number of carbonyl (C=O) groups excluding carboxylic acids is 1. The van der Waals surface area contributed by atoms with Gasteiger partial charge in [0.25, 0.3) is 0 Å². The molecule has 0 aromatic heterocycles. The van der Waals surface area contributed by atoms with Crippen molar-refractivity contribution in [2.45, 2.75) is 12.8 Å². The summed E-state index contributed by atoms with van der Waals surface area (Å²) in [5.41, 5.74) is 0. The number of aldehydes is 1. The molecular weight excluding hydrogens is 152 g/mol. The lowest BCUT2D eigenvalue weighted by atomic mass is 10.1. The van der Waals surface area contributed by atoms with Crippen LogP contribution in [0, 0.1) is 5.92 Å². The highest BCUT2D eigenvalue weighted by Gasteiger charge is 2.18. The number of nitrogens with zero attached hydrogens (tertiary/aromatic N) is 1. The number of nitrogens with one attached hydrogen (secondary N) is 1. The first-order valence-electron chi connectivity index (χ1n) is 4.66. The van der Waals surface area contributed by atoms with Gasteiger partial charge >= 0.3 is 0 Å². The smallest absolute Gasteiger partial charge is 0.133 e. The third-order valence-corrected chi connectivity index (χ3v) is 2.45. The van der Waals surface area contributed by atoms with Crippen LogP contribution in [0.1, 0.15) is 12.8 Å². The first-order chi connectivity index (χ1) is 5.83. The van der Waals surface area contributed by atoms with Crippen molar-refractivity contribution in [1.82, 2.24) is 10.2 Å². The maximum atomic E-state index is 9.98. The Labute approximate surface area is 74.1 Å². The summed E-state index contributed by atoms with van der Waals surface area (Å²) in [5.74, 6) is 0.842. The van der Waals surface area contributed by atoms with Crippen molar-refractivity contribution in [2.75, 3.05) is 33.2 Å². The van der Waals surface area contributed by atoms with E-state index in [0.29, 0.717) is 6.54 Å². The zero-order valence-corrected chi connectivity index (χ0v) is 7.75. The molecule has 1 heterocycles. The van der Waals surface area contributed by atoms with Crippen molar-refractivity contribution in [2.24, 2.45) is 5.92 Å². The number of carbonyl (C=O) groups is 1. The van der Waals surface area contributed by atoms with Gasteiger partial charge in [-0.25, -0.2) is 0 Å². The Morgan fingerprint density at radius 3 is 3.08 bits per heavy atom. The topological polar surface area (TPSA) is 32.3 Å². The van der Waals surface area contributed by atoms with Crippen LogP contribution in [0.25, 0.3) is 0 Å². The lowest BCUT2D eigenvalue weighted by Gasteiger charge is -2.09. The summed E-state index contributed by atoms with van der Waals surface area (Å²) in [7, 11) is 2.17. The number of hydrogen-bond acceptors (Lipinski definition) is 3. The third-order valence-electron chi connectivity index (χ3n) is 2.45. The molecule has 1 unspecified atom stereocenters. The van der Waals surface area contributed by atoms with E-state index in [1.807, 2.05) is 0 Å². The second-order valence-corrected chi connectivity index (χ2v) is 3.58. The van der Waals surface area contributed by atoms with Crippen LogP contribution in [-0.2, 0) is 4.79 Å². The van der Waals surface area contributed by atoms with Gasteiger partial charge in [0.2, 0.25) is 0 Å². The monoisotopic (exact) mass is 170 g/mol. The van der Waals surface area contributed by atoms with Crippen LogP contribution in [0.4, 0.5) is 0 Å². The zero-order chi connectivity index (χ0) is 8.81. The Bertz CT molecular complexity index is 138. The fraction of sp³-hybridized carbons (Fsp3) is 0.889. The van der Waals surface area contributed by atoms with E-state index < -0.39 is 0 Å². The molecule has 0 aromatic rings. The van der Waals surface area contributed by atoms with Gasteiger partial charge in [0.1, 0.15) is 6.29 Å². The molecule has 1 N–H and O–H groups in total. The second kappa shape index (κ2) is 5.27. The van der Waals surface area contributed by atoms with Gasteiger partial charge in [-0.3, -0.25) is 0 Å². The average Bonchev–Trinajstić information content (AvgIpc) is 2.45. The quantitative estimate of drug-likeness (QED) is 0.470.